The lowest BCUT2D eigenvalue weighted by atomic mass is 10.3. The molecule has 3 N–H and O–H groups in total. The minimum atomic E-state index is -0.605. The number of nitrogens with zero attached hydrogens (tertiary/aromatic N) is 3. The van der Waals surface area contributed by atoms with Gasteiger partial charge in [0.25, 0.3) is 5.91 Å². The van der Waals surface area contributed by atoms with Crippen LogP contribution in [-0.2, 0) is 0 Å². The van der Waals surface area contributed by atoms with Crippen molar-refractivity contribution in [3.8, 4) is 0 Å². The molecule has 19 heavy (non-hydrogen) atoms. The van der Waals surface area contributed by atoms with Crippen LogP contribution in [0.4, 0.5) is 5.95 Å². The largest absolute Gasteiger partial charge is 0.338 e. The number of rotatable bonds is 2. The molecule has 1 aromatic heterocycles. The van der Waals surface area contributed by atoms with E-state index in [0.717, 1.165) is 26.2 Å². The molecule has 7 heteroatoms. The van der Waals surface area contributed by atoms with Crippen LogP contribution in [0, 0.1) is 0 Å². The van der Waals surface area contributed by atoms with Crippen LogP contribution in [0.25, 0.3) is 0 Å². The van der Waals surface area contributed by atoms with Crippen molar-refractivity contribution in [1.29, 1.82) is 0 Å². The Bertz CT molecular complexity index is 376. The Labute approximate surface area is 113 Å². The molecular formula is C12H21N5O2. The van der Waals surface area contributed by atoms with Gasteiger partial charge < -0.3 is 10.2 Å². The van der Waals surface area contributed by atoms with Crippen LogP contribution >= 0.6 is 0 Å². The third kappa shape index (κ3) is 4.80. The first-order chi connectivity index (χ1) is 9.22. The molecule has 0 aromatic carbocycles. The maximum atomic E-state index is 11.0. The first kappa shape index (κ1) is 15.3. The summed E-state index contributed by atoms with van der Waals surface area (Å²) in [6.07, 6.45) is 4.05. The number of amides is 1. The summed E-state index contributed by atoms with van der Waals surface area (Å²) in [6, 6.07) is 0. The molecule has 7 nitrogen and oxygen atoms in total. The van der Waals surface area contributed by atoms with Gasteiger partial charge in [0.1, 0.15) is 0 Å². The summed E-state index contributed by atoms with van der Waals surface area (Å²) in [6.45, 7) is 7.77. The Morgan fingerprint density at radius 2 is 1.89 bits per heavy atom. The predicted molar refractivity (Wildman–Crippen MR) is 72.3 cm³/mol. The van der Waals surface area contributed by atoms with Gasteiger partial charge in [-0.25, -0.2) is 15.4 Å². The summed E-state index contributed by atoms with van der Waals surface area (Å²) >= 11 is 0. The third-order valence-corrected chi connectivity index (χ3v) is 2.40. The Kier molecular flexibility index (Phi) is 6.76. The summed E-state index contributed by atoms with van der Waals surface area (Å²) in [7, 11) is 0. The van der Waals surface area contributed by atoms with Crippen molar-refractivity contribution in [2.45, 2.75) is 20.3 Å². The summed E-state index contributed by atoms with van der Waals surface area (Å²) in [5.41, 5.74) is 1.78. The van der Waals surface area contributed by atoms with Crippen molar-refractivity contribution in [1.82, 2.24) is 20.8 Å². The summed E-state index contributed by atoms with van der Waals surface area (Å²) in [5.74, 6) is 0.00264. The van der Waals surface area contributed by atoms with E-state index in [2.05, 4.69) is 29.1 Å². The number of nitrogens with one attached hydrogen (secondary N) is 2. The number of hydrogen-bond donors (Lipinski definition) is 3. The van der Waals surface area contributed by atoms with E-state index in [-0.39, 0.29) is 5.56 Å². The van der Waals surface area contributed by atoms with Crippen molar-refractivity contribution in [3.63, 3.8) is 0 Å². The van der Waals surface area contributed by atoms with E-state index >= 15 is 0 Å². The first-order valence-electron chi connectivity index (χ1n) is 6.45. The quantitative estimate of drug-likeness (QED) is 0.531. The topological polar surface area (TPSA) is 90.4 Å². The van der Waals surface area contributed by atoms with Gasteiger partial charge in [0.2, 0.25) is 5.95 Å². The molecule has 2 rings (SSSR count). The van der Waals surface area contributed by atoms with Gasteiger partial charge in [-0.15, -0.1) is 0 Å². The van der Waals surface area contributed by atoms with Crippen molar-refractivity contribution in [3.05, 3.63) is 18.0 Å². The zero-order valence-electron chi connectivity index (χ0n) is 11.4. The van der Waals surface area contributed by atoms with Crippen LogP contribution in [0.5, 0.6) is 0 Å². The maximum Gasteiger partial charge on any atom is 0.277 e. The zero-order chi connectivity index (χ0) is 14.1. The number of carbonyl (C=O) groups is 1. The van der Waals surface area contributed by atoms with Gasteiger partial charge in [0.15, 0.2) is 0 Å². The van der Waals surface area contributed by atoms with E-state index in [9.17, 15) is 4.79 Å². The van der Waals surface area contributed by atoms with Gasteiger partial charge in [-0.05, 0) is 0 Å². The van der Waals surface area contributed by atoms with Gasteiger partial charge in [0.05, 0.1) is 5.56 Å². The fourth-order valence-electron chi connectivity index (χ4n) is 1.53. The minimum absolute atomic E-state index is 0.237. The molecule has 0 saturated carbocycles. The number of hydroxylamine groups is 1. The standard InChI is InChI=1S/C9H13N5O2.C3H8/c15-8(13-16)7-5-11-9(12-6-7)14-3-1-10-2-4-14;1-3-2/h5-6,10,16H,1-4H2,(H,13,15);3H2,1-2H3. The molecule has 1 aliphatic rings. The molecule has 0 spiro atoms. The summed E-state index contributed by atoms with van der Waals surface area (Å²) in [5, 5.41) is 11.7. The highest BCUT2D eigenvalue weighted by Gasteiger charge is 2.13. The minimum Gasteiger partial charge on any atom is -0.338 e. The Morgan fingerprint density at radius 1 is 1.37 bits per heavy atom. The van der Waals surface area contributed by atoms with Crippen molar-refractivity contribution in [2.24, 2.45) is 0 Å². The highest BCUT2D eigenvalue weighted by Crippen LogP contribution is 2.07. The van der Waals surface area contributed by atoms with E-state index in [1.165, 1.54) is 24.3 Å². The molecule has 1 amide bonds. The average Bonchev–Trinajstić information content (AvgIpc) is 2.48. The van der Waals surface area contributed by atoms with Gasteiger partial charge in [-0.3, -0.25) is 10.0 Å². The molecule has 1 fully saturated rings. The van der Waals surface area contributed by atoms with E-state index in [1.807, 2.05) is 4.90 Å². The van der Waals surface area contributed by atoms with Gasteiger partial charge in [-0.1, -0.05) is 20.3 Å². The third-order valence-electron chi connectivity index (χ3n) is 2.40. The van der Waals surface area contributed by atoms with Gasteiger partial charge in [0, 0.05) is 38.6 Å². The van der Waals surface area contributed by atoms with Gasteiger partial charge in [-0.2, -0.15) is 0 Å². The molecule has 1 aliphatic heterocycles. The molecular weight excluding hydrogens is 246 g/mol. The van der Waals surface area contributed by atoms with Crippen molar-refractivity contribution in [2.75, 3.05) is 31.1 Å². The smallest absolute Gasteiger partial charge is 0.277 e. The average molecular weight is 267 g/mol. The highest BCUT2D eigenvalue weighted by atomic mass is 16.5. The van der Waals surface area contributed by atoms with Crippen LogP contribution in [0.2, 0.25) is 0 Å². The van der Waals surface area contributed by atoms with Crippen LogP contribution < -0.4 is 15.7 Å². The molecule has 1 saturated heterocycles. The fourth-order valence-corrected chi connectivity index (χ4v) is 1.53. The Hall–Kier alpha value is -1.73. The summed E-state index contributed by atoms with van der Waals surface area (Å²) in [4.78, 5) is 21.2. The number of anilines is 1. The Balaban J connectivity index is 0.000000550. The van der Waals surface area contributed by atoms with Crippen molar-refractivity contribution >= 4 is 11.9 Å². The van der Waals surface area contributed by atoms with Gasteiger partial charge >= 0.3 is 0 Å². The molecule has 0 atom stereocenters. The van der Waals surface area contributed by atoms with E-state index in [0.29, 0.717) is 5.95 Å². The molecule has 0 bridgehead atoms. The maximum absolute atomic E-state index is 11.0. The molecule has 106 valence electrons. The molecule has 0 radical (unpaired) electrons. The molecule has 0 unspecified atom stereocenters. The Morgan fingerprint density at radius 3 is 2.37 bits per heavy atom. The number of hydrogen-bond acceptors (Lipinski definition) is 6. The van der Waals surface area contributed by atoms with Crippen LogP contribution in [0.3, 0.4) is 0 Å². The lowest BCUT2D eigenvalue weighted by Gasteiger charge is -2.27. The first-order valence-corrected chi connectivity index (χ1v) is 6.45. The van der Waals surface area contributed by atoms with E-state index < -0.39 is 5.91 Å². The molecule has 1 aromatic rings. The van der Waals surface area contributed by atoms with Crippen LogP contribution in [0.15, 0.2) is 12.4 Å². The van der Waals surface area contributed by atoms with E-state index in [1.54, 1.807) is 0 Å². The lowest BCUT2D eigenvalue weighted by molar-refractivity contribution is 0.0705. The van der Waals surface area contributed by atoms with Crippen molar-refractivity contribution < 1.29 is 10.0 Å². The summed E-state index contributed by atoms with van der Waals surface area (Å²) < 4.78 is 0. The number of aromatic nitrogens is 2. The van der Waals surface area contributed by atoms with Crippen LogP contribution in [-0.4, -0.2) is 47.3 Å². The molecule has 0 aliphatic carbocycles. The SMILES string of the molecule is CCC.O=C(NO)c1cnc(N2CCNCC2)nc1. The molecule has 2 heterocycles. The number of carbonyl (C=O) groups excluding carboxylic acids is 1. The zero-order valence-corrected chi connectivity index (χ0v) is 11.4. The predicted octanol–water partition coefficient (Wildman–Crippen LogP) is 0.422. The highest BCUT2D eigenvalue weighted by molar-refractivity contribution is 5.92. The second-order valence-electron chi connectivity index (χ2n) is 4.16. The monoisotopic (exact) mass is 267 g/mol. The normalized spacial score (nSPS) is 14.4. The second kappa shape index (κ2) is 8.39. The second-order valence-corrected chi connectivity index (χ2v) is 4.16. The fraction of sp³-hybridized carbons (Fsp3) is 0.583. The number of piperazine rings is 1. The lowest BCUT2D eigenvalue weighted by Crippen LogP contribution is -2.44. The van der Waals surface area contributed by atoms with Crippen LogP contribution in [0.1, 0.15) is 30.6 Å². The van der Waals surface area contributed by atoms with E-state index in [4.69, 9.17) is 5.21 Å².